The molecule has 0 radical (unpaired) electrons. The highest BCUT2D eigenvalue weighted by Crippen LogP contribution is 2.23. The van der Waals surface area contributed by atoms with Gasteiger partial charge >= 0.3 is 5.97 Å². The van der Waals surface area contributed by atoms with Gasteiger partial charge in [0, 0.05) is 6.42 Å². The van der Waals surface area contributed by atoms with Gasteiger partial charge in [-0.1, -0.05) is 6.42 Å². The molecule has 0 aromatic heterocycles. The van der Waals surface area contributed by atoms with Crippen LogP contribution in [0.15, 0.2) is 0 Å². The number of rotatable bonds is 5. The van der Waals surface area contributed by atoms with Crippen LogP contribution in [-0.4, -0.2) is 30.1 Å². The number of carbonyl (C=O) groups is 1. The molecule has 5 heteroatoms. The van der Waals surface area contributed by atoms with E-state index in [1.807, 2.05) is 0 Å². The predicted molar refractivity (Wildman–Crippen MR) is 56.6 cm³/mol. The van der Waals surface area contributed by atoms with Crippen LogP contribution in [0, 0.1) is 5.92 Å². The lowest BCUT2D eigenvalue weighted by Crippen LogP contribution is -2.35. The zero-order valence-corrected chi connectivity index (χ0v) is 9.29. The van der Waals surface area contributed by atoms with Crippen molar-refractivity contribution >= 4 is 5.97 Å². The first-order chi connectivity index (χ1) is 7.59. The van der Waals surface area contributed by atoms with Crippen LogP contribution >= 0.6 is 0 Å². The molecule has 1 aliphatic heterocycles. The standard InChI is InChI=1S/C11H19F2NO2/c12-10(13)3-1-2-8-4-5-9(11(15)16)14-7-6-8/h8-10,14H,1-7H2,(H,15,16). The molecule has 0 aliphatic carbocycles. The van der Waals surface area contributed by atoms with Crippen LogP contribution < -0.4 is 5.32 Å². The second kappa shape index (κ2) is 6.78. The van der Waals surface area contributed by atoms with Gasteiger partial charge in [0.25, 0.3) is 0 Å². The van der Waals surface area contributed by atoms with E-state index in [1.54, 1.807) is 0 Å². The fourth-order valence-corrected chi connectivity index (χ4v) is 2.17. The van der Waals surface area contributed by atoms with Crippen molar-refractivity contribution in [2.75, 3.05) is 6.54 Å². The SMILES string of the molecule is O=C(O)C1CCC(CCCC(F)F)CCN1. The first kappa shape index (κ1) is 13.4. The number of hydrogen-bond donors (Lipinski definition) is 2. The largest absolute Gasteiger partial charge is 0.480 e. The van der Waals surface area contributed by atoms with E-state index in [0.29, 0.717) is 25.3 Å². The Morgan fingerprint density at radius 2 is 2.12 bits per heavy atom. The molecule has 1 aliphatic rings. The molecule has 1 rings (SSSR count). The molecule has 2 atom stereocenters. The number of alkyl halides is 2. The maximum atomic E-state index is 11.9. The van der Waals surface area contributed by atoms with Crippen molar-refractivity contribution in [2.24, 2.45) is 5.92 Å². The molecule has 0 amide bonds. The van der Waals surface area contributed by atoms with E-state index in [4.69, 9.17) is 5.11 Å². The summed E-state index contributed by atoms with van der Waals surface area (Å²) in [6.45, 7) is 0.677. The Morgan fingerprint density at radius 3 is 2.75 bits per heavy atom. The smallest absolute Gasteiger partial charge is 0.320 e. The molecule has 2 N–H and O–H groups in total. The Labute approximate surface area is 94.2 Å². The minimum atomic E-state index is -2.21. The van der Waals surface area contributed by atoms with Gasteiger partial charge < -0.3 is 10.4 Å². The van der Waals surface area contributed by atoms with E-state index in [1.165, 1.54) is 0 Å². The number of hydrogen-bond acceptors (Lipinski definition) is 2. The van der Waals surface area contributed by atoms with Gasteiger partial charge in [-0.15, -0.1) is 0 Å². The highest BCUT2D eigenvalue weighted by Gasteiger charge is 2.22. The van der Waals surface area contributed by atoms with E-state index in [2.05, 4.69) is 5.32 Å². The zero-order valence-electron chi connectivity index (χ0n) is 9.29. The summed E-state index contributed by atoms with van der Waals surface area (Å²) >= 11 is 0. The molecule has 0 aromatic rings. The molecular weight excluding hydrogens is 216 g/mol. The summed E-state index contributed by atoms with van der Waals surface area (Å²) in [6.07, 6.45) is 1.41. The van der Waals surface area contributed by atoms with Crippen LogP contribution in [0.2, 0.25) is 0 Å². The highest BCUT2D eigenvalue weighted by atomic mass is 19.3. The fraction of sp³-hybridized carbons (Fsp3) is 0.909. The summed E-state index contributed by atoms with van der Waals surface area (Å²) in [5, 5.41) is 11.8. The number of aliphatic carboxylic acids is 1. The third-order valence-corrected chi connectivity index (χ3v) is 3.14. The Kier molecular flexibility index (Phi) is 5.66. The lowest BCUT2D eigenvalue weighted by molar-refractivity contribution is -0.139. The Morgan fingerprint density at radius 1 is 1.38 bits per heavy atom. The van der Waals surface area contributed by atoms with Gasteiger partial charge in [-0.25, -0.2) is 8.78 Å². The van der Waals surface area contributed by atoms with E-state index in [-0.39, 0.29) is 6.42 Å². The van der Waals surface area contributed by atoms with Crippen molar-refractivity contribution in [3.8, 4) is 0 Å². The third kappa shape index (κ3) is 4.88. The summed E-state index contributed by atoms with van der Waals surface area (Å²) in [5.41, 5.74) is 0. The summed E-state index contributed by atoms with van der Waals surface area (Å²) in [7, 11) is 0. The van der Waals surface area contributed by atoms with Crippen LogP contribution in [0.3, 0.4) is 0 Å². The molecule has 1 saturated heterocycles. The van der Waals surface area contributed by atoms with Gasteiger partial charge in [-0.05, 0) is 38.1 Å². The average molecular weight is 235 g/mol. The normalized spacial score (nSPS) is 26.7. The molecule has 16 heavy (non-hydrogen) atoms. The average Bonchev–Trinajstić information content (AvgIpc) is 2.42. The number of carboxylic acid groups (broad SMARTS) is 1. The molecule has 0 saturated carbocycles. The molecule has 1 heterocycles. The highest BCUT2D eigenvalue weighted by molar-refractivity contribution is 5.73. The Balaban J connectivity index is 2.22. The van der Waals surface area contributed by atoms with Gasteiger partial charge in [0.15, 0.2) is 0 Å². The maximum Gasteiger partial charge on any atom is 0.320 e. The molecule has 2 unspecified atom stereocenters. The minimum absolute atomic E-state index is 0.0354. The van der Waals surface area contributed by atoms with Crippen LogP contribution in [0.1, 0.15) is 38.5 Å². The van der Waals surface area contributed by atoms with Crippen LogP contribution in [0.5, 0.6) is 0 Å². The summed E-state index contributed by atoms with van der Waals surface area (Å²) in [6, 6.07) is -0.458. The number of nitrogens with one attached hydrogen (secondary N) is 1. The van der Waals surface area contributed by atoms with Crippen LogP contribution in [0.4, 0.5) is 8.78 Å². The second-order valence-electron chi connectivity index (χ2n) is 4.40. The first-order valence-electron chi connectivity index (χ1n) is 5.84. The molecule has 0 spiro atoms. The van der Waals surface area contributed by atoms with Crippen molar-refractivity contribution in [1.29, 1.82) is 0 Å². The quantitative estimate of drug-likeness (QED) is 0.768. The van der Waals surface area contributed by atoms with Gasteiger partial charge in [-0.2, -0.15) is 0 Å². The zero-order chi connectivity index (χ0) is 12.0. The van der Waals surface area contributed by atoms with Crippen molar-refractivity contribution < 1.29 is 18.7 Å². The van der Waals surface area contributed by atoms with E-state index >= 15 is 0 Å². The van der Waals surface area contributed by atoms with Gasteiger partial charge in [0.1, 0.15) is 6.04 Å². The Bertz CT molecular complexity index is 224. The van der Waals surface area contributed by atoms with Gasteiger partial charge in [0.05, 0.1) is 0 Å². The van der Waals surface area contributed by atoms with Crippen LogP contribution in [-0.2, 0) is 4.79 Å². The molecule has 0 aromatic carbocycles. The van der Waals surface area contributed by atoms with E-state index in [9.17, 15) is 13.6 Å². The van der Waals surface area contributed by atoms with E-state index < -0.39 is 18.4 Å². The summed E-state index contributed by atoms with van der Waals surface area (Å²) in [5.74, 6) is -0.413. The maximum absolute atomic E-state index is 11.9. The predicted octanol–water partition coefficient (Wildman–Crippen LogP) is 2.26. The van der Waals surface area contributed by atoms with Gasteiger partial charge in [0.2, 0.25) is 6.43 Å². The molecule has 3 nitrogen and oxygen atoms in total. The lowest BCUT2D eigenvalue weighted by Gasteiger charge is -2.12. The lowest BCUT2D eigenvalue weighted by atomic mass is 9.93. The molecular formula is C11H19F2NO2. The third-order valence-electron chi connectivity index (χ3n) is 3.14. The van der Waals surface area contributed by atoms with Crippen LogP contribution in [0.25, 0.3) is 0 Å². The molecule has 94 valence electrons. The Hall–Kier alpha value is -0.710. The first-order valence-corrected chi connectivity index (χ1v) is 5.84. The number of halogens is 2. The number of carboxylic acids is 1. The minimum Gasteiger partial charge on any atom is -0.480 e. The monoisotopic (exact) mass is 235 g/mol. The molecule has 0 bridgehead atoms. The second-order valence-corrected chi connectivity index (χ2v) is 4.40. The fourth-order valence-electron chi connectivity index (χ4n) is 2.17. The van der Waals surface area contributed by atoms with Gasteiger partial charge in [-0.3, -0.25) is 4.79 Å². The summed E-state index contributed by atoms with van der Waals surface area (Å²) in [4.78, 5) is 10.8. The summed E-state index contributed by atoms with van der Waals surface area (Å²) < 4.78 is 23.9. The van der Waals surface area contributed by atoms with Crippen molar-refractivity contribution in [1.82, 2.24) is 5.32 Å². The van der Waals surface area contributed by atoms with Crippen molar-refractivity contribution in [3.05, 3.63) is 0 Å². The van der Waals surface area contributed by atoms with Crippen molar-refractivity contribution in [3.63, 3.8) is 0 Å². The molecule has 1 fully saturated rings. The topological polar surface area (TPSA) is 49.3 Å². The van der Waals surface area contributed by atoms with Crippen molar-refractivity contribution in [2.45, 2.75) is 51.0 Å². The van der Waals surface area contributed by atoms with E-state index in [0.717, 1.165) is 19.3 Å².